The lowest BCUT2D eigenvalue weighted by molar-refractivity contribution is -0.302. The zero-order chi connectivity index (χ0) is 42.3. The van der Waals surface area contributed by atoms with Crippen LogP contribution >= 0.6 is 0 Å². The molecule has 0 spiro atoms. The van der Waals surface area contributed by atoms with E-state index in [-0.39, 0.29) is 12.5 Å². The molecule has 9 heteroatoms. The maximum atomic E-state index is 13.0. The summed E-state index contributed by atoms with van der Waals surface area (Å²) in [6, 6.07) is -0.723. The number of hydrogen-bond acceptors (Lipinski definition) is 8. The van der Waals surface area contributed by atoms with E-state index in [1.54, 1.807) is 0 Å². The number of allylic oxidation sites excluding steroid dienone is 6. The van der Waals surface area contributed by atoms with E-state index in [4.69, 9.17) is 9.47 Å². The van der Waals surface area contributed by atoms with Crippen LogP contribution in [0.1, 0.15) is 213 Å². The Bertz CT molecular complexity index is 1000. The van der Waals surface area contributed by atoms with Gasteiger partial charge in [-0.3, -0.25) is 4.79 Å². The van der Waals surface area contributed by atoms with Crippen molar-refractivity contribution < 1.29 is 39.8 Å². The van der Waals surface area contributed by atoms with Crippen LogP contribution in [0.4, 0.5) is 0 Å². The number of carbonyl (C=O) groups is 1. The van der Waals surface area contributed by atoms with Gasteiger partial charge in [0.2, 0.25) is 5.91 Å². The normalized spacial score (nSPS) is 21.1. The highest BCUT2D eigenvalue weighted by molar-refractivity contribution is 5.76. The molecule has 1 amide bonds. The Kier molecular flexibility index (Phi) is 37.1. The molecule has 0 radical (unpaired) electrons. The van der Waals surface area contributed by atoms with Crippen molar-refractivity contribution in [3.63, 3.8) is 0 Å². The standard InChI is InChI=1S/C49H91NO8/c1-3-5-7-9-11-13-15-17-19-21-23-24-26-28-30-32-34-36-38-43(52)42(41-57-49-48(56)47(55)46(54)44(40-51)58-49)50-45(53)39-37-35-33-31-29-27-25-22-20-18-16-14-12-10-8-6-4-2/h6,8,12,14,18,20,42-44,46-49,51-52,54-56H,3-5,7,9-11,13,15-17,19,21-41H2,1-2H3,(H,50,53)/b8-6-,14-12-,20-18-. The minimum absolute atomic E-state index is 0.142. The molecule has 58 heavy (non-hydrogen) atoms. The number of unbranched alkanes of at least 4 members (excludes halogenated alkanes) is 24. The first-order chi connectivity index (χ1) is 28.3. The van der Waals surface area contributed by atoms with Gasteiger partial charge in [-0.05, 0) is 44.9 Å². The van der Waals surface area contributed by atoms with Gasteiger partial charge in [-0.1, -0.05) is 198 Å². The van der Waals surface area contributed by atoms with Crippen LogP contribution in [0.3, 0.4) is 0 Å². The third kappa shape index (κ3) is 29.6. The predicted octanol–water partition coefficient (Wildman–Crippen LogP) is 10.5. The van der Waals surface area contributed by atoms with Crippen LogP contribution in [0.5, 0.6) is 0 Å². The lowest BCUT2D eigenvalue weighted by Gasteiger charge is -2.40. The summed E-state index contributed by atoms with van der Waals surface area (Å²) in [6.45, 7) is 3.72. The lowest BCUT2D eigenvalue weighted by Crippen LogP contribution is -2.60. The molecule has 0 aliphatic carbocycles. The number of rotatable bonds is 40. The van der Waals surface area contributed by atoms with E-state index >= 15 is 0 Å². The van der Waals surface area contributed by atoms with E-state index in [9.17, 15) is 30.3 Å². The van der Waals surface area contributed by atoms with Crippen molar-refractivity contribution in [2.45, 2.75) is 256 Å². The Morgan fingerprint density at radius 3 is 1.59 bits per heavy atom. The summed E-state index contributed by atoms with van der Waals surface area (Å²) >= 11 is 0. The van der Waals surface area contributed by atoms with Crippen molar-refractivity contribution in [1.82, 2.24) is 5.32 Å². The zero-order valence-electron chi connectivity index (χ0n) is 37.3. The Balaban J connectivity index is 2.31. The molecular weight excluding hydrogens is 731 g/mol. The second-order valence-electron chi connectivity index (χ2n) is 16.9. The lowest BCUT2D eigenvalue weighted by atomic mass is 9.99. The van der Waals surface area contributed by atoms with Crippen LogP contribution in [-0.4, -0.2) is 87.5 Å². The zero-order valence-corrected chi connectivity index (χ0v) is 37.3. The highest BCUT2D eigenvalue weighted by Crippen LogP contribution is 2.23. The van der Waals surface area contributed by atoms with Crippen LogP contribution in [0.15, 0.2) is 36.5 Å². The van der Waals surface area contributed by atoms with Gasteiger partial charge in [0.1, 0.15) is 24.4 Å². The molecule has 1 saturated heterocycles. The first-order valence-corrected chi connectivity index (χ1v) is 24.2. The van der Waals surface area contributed by atoms with Crippen molar-refractivity contribution in [3.8, 4) is 0 Å². The van der Waals surface area contributed by atoms with E-state index in [1.807, 2.05) is 0 Å². The van der Waals surface area contributed by atoms with Crippen LogP contribution in [0, 0.1) is 0 Å². The first-order valence-electron chi connectivity index (χ1n) is 24.2. The number of amides is 1. The highest BCUT2D eigenvalue weighted by Gasteiger charge is 2.44. The minimum Gasteiger partial charge on any atom is -0.394 e. The molecule has 9 nitrogen and oxygen atoms in total. The summed E-state index contributed by atoms with van der Waals surface area (Å²) in [6.07, 6.45) is 41.5. The van der Waals surface area contributed by atoms with Crippen LogP contribution in [0.25, 0.3) is 0 Å². The number of carbonyl (C=O) groups excluding carboxylic acids is 1. The van der Waals surface area contributed by atoms with Crippen molar-refractivity contribution in [3.05, 3.63) is 36.5 Å². The van der Waals surface area contributed by atoms with Gasteiger partial charge in [0.25, 0.3) is 0 Å². The molecule has 1 aliphatic rings. The van der Waals surface area contributed by atoms with E-state index in [0.29, 0.717) is 12.8 Å². The van der Waals surface area contributed by atoms with Gasteiger partial charge in [-0.25, -0.2) is 0 Å². The largest absolute Gasteiger partial charge is 0.394 e. The molecule has 0 aromatic heterocycles. The maximum absolute atomic E-state index is 13.0. The van der Waals surface area contributed by atoms with Crippen LogP contribution < -0.4 is 5.32 Å². The predicted molar refractivity (Wildman–Crippen MR) is 240 cm³/mol. The molecule has 7 unspecified atom stereocenters. The average molecular weight is 822 g/mol. The average Bonchev–Trinajstić information content (AvgIpc) is 3.22. The molecular formula is C49H91NO8. The first kappa shape index (κ1) is 54.4. The van der Waals surface area contributed by atoms with Crippen molar-refractivity contribution >= 4 is 5.91 Å². The molecule has 1 rings (SSSR count). The highest BCUT2D eigenvalue weighted by atomic mass is 16.7. The smallest absolute Gasteiger partial charge is 0.220 e. The number of aliphatic hydroxyl groups excluding tert-OH is 5. The van der Waals surface area contributed by atoms with Crippen LogP contribution in [-0.2, 0) is 14.3 Å². The Morgan fingerprint density at radius 2 is 1.07 bits per heavy atom. The molecule has 0 bridgehead atoms. The van der Waals surface area contributed by atoms with Gasteiger partial charge in [0, 0.05) is 6.42 Å². The summed E-state index contributed by atoms with van der Waals surface area (Å²) in [7, 11) is 0. The molecule has 1 fully saturated rings. The third-order valence-corrected chi connectivity index (χ3v) is 11.5. The van der Waals surface area contributed by atoms with Crippen molar-refractivity contribution in [2.75, 3.05) is 13.2 Å². The molecule has 1 aliphatic heterocycles. The van der Waals surface area contributed by atoms with E-state index in [2.05, 4.69) is 55.6 Å². The van der Waals surface area contributed by atoms with E-state index in [1.165, 1.54) is 116 Å². The Labute approximate surface area is 355 Å². The second-order valence-corrected chi connectivity index (χ2v) is 16.9. The SMILES string of the molecule is CC/C=C\C/C=C\C/C=C\CCCCCCCCCC(=O)NC(COC1OC(CO)C(O)C(O)C1O)C(O)CCCCCCCCCCCCCCCCCCCC. The topological polar surface area (TPSA) is 149 Å². The summed E-state index contributed by atoms with van der Waals surface area (Å²) < 4.78 is 11.3. The van der Waals surface area contributed by atoms with Gasteiger partial charge < -0.3 is 40.3 Å². The van der Waals surface area contributed by atoms with Crippen molar-refractivity contribution in [2.24, 2.45) is 0 Å². The fraction of sp³-hybridized carbons (Fsp3) is 0.857. The minimum atomic E-state index is -1.55. The number of aliphatic hydroxyl groups is 5. The maximum Gasteiger partial charge on any atom is 0.220 e. The molecule has 0 saturated carbocycles. The van der Waals surface area contributed by atoms with Crippen molar-refractivity contribution in [1.29, 1.82) is 0 Å². The molecule has 7 atom stereocenters. The monoisotopic (exact) mass is 822 g/mol. The summed E-state index contributed by atoms with van der Waals surface area (Å²) in [5.41, 5.74) is 0. The van der Waals surface area contributed by atoms with Gasteiger partial charge in [-0.2, -0.15) is 0 Å². The summed E-state index contributed by atoms with van der Waals surface area (Å²) in [4.78, 5) is 13.0. The van der Waals surface area contributed by atoms with E-state index < -0.39 is 49.5 Å². The number of ether oxygens (including phenoxy) is 2. The van der Waals surface area contributed by atoms with Gasteiger partial charge in [-0.15, -0.1) is 0 Å². The number of nitrogens with one attached hydrogen (secondary N) is 1. The van der Waals surface area contributed by atoms with E-state index in [0.717, 1.165) is 70.6 Å². The Hall–Kier alpha value is -1.59. The Morgan fingerprint density at radius 1 is 0.603 bits per heavy atom. The molecule has 6 N–H and O–H groups in total. The van der Waals surface area contributed by atoms with Gasteiger partial charge in [0.15, 0.2) is 6.29 Å². The molecule has 1 heterocycles. The van der Waals surface area contributed by atoms with Gasteiger partial charge >= 0.3 is 0 Å². The van der Waals surface area contributed by atoms with Gasteiger partial charge in [0.05, 0.1) is 25.4 Å². The quantitative estimate of drug-likeness (QED) is 0.0264. The molecule has 340 valence electrons. The fourth-order valence-electron chi connectivity index (χ4n) is 7.65. The fourth-order valence-corrected chi connectivity index (χ4v) is 7.65. The molecule has 0 aromatic carbocycles. The second kappa shape index (κ2) is 39.5. The summed E-state index contributed by atoms with van der Waals surface area (Å²) in [5.74, 6) is -0.154. The third-order valence-electron chi connectivity index (χ3n) is 11.5. The number of hydrogen-bond donors (Lipinski definition) is 6. The molecule has 0 aromatic rings. The van der Waals surface area contributed by atoms with Crippen LogP contribution in [0.2, 0.25) is 0 Å². The summed E-state index contributed by atoms with van der Waals surface area (Å²) in [5, 5.41) is 54.4.